The van der Waals surface area contributed by atoms with E-state index in [0.717, 1.165) is 11.3 Å². The van der Waals surface area contributed by atoms with Crippen molar-refractivity contribution < 1.29 is 22.7 Å². The highest BCUT2D eigenvalue weighted by Crippen LogP contribution is 2.26. The Labute approximate surface area is 166 Å². The molecule has 28 heavy (non-hydrogen) atoms. The molecule has 0 aliphatic carbocycles. The lowest BCUT2D eigenvalue weighted by Crippen LogP contribution is -2.31. The number of sulfonamides is 1. The van der Waals surface area contributed by atoms with Gasteiger partial charge in [-0.05, 0) is 56.7 Å². The fraction of sp³-hybridized carbons (Fsp3) is 0.350. The maximum Gasteiger partial charge on any atom is 0.251 e. The number of carbonyl (C=O) groups excluding carboxylic acids is 1. The summed E-state index contributed by atoms with van der Waals surface area (Å²) < 4.78 is 37.9. The number of amides is 1. The van der Waals surface area contributed by atoms with Gasteiger partial charge in [-0.2, -0.15) is 0 Å². The molecule has 0 fully saturated rings. The lowest BCUT2D eigenvalue weighted by atomic mass is 10.1. The molecule has 0 heterocycles. The van der Waals surface area contributed by atoms with Crippen molar-refractivity contribution in [2.45, 2.75) is 37.8 Å². The summed E-state index contributed by atoms with van der Waals surface area (Å²) in [6.07, 6.45) is 0. The molecule has 1 atom stereocenters. The van der Waals surface area contributed by atoms with E-state index < -0.39 is 10.0 Å². The first-order valence-electron chi connectivity index (χ1n) is 8.83. The van der Waals surface area contributed by atoms with Gasteiger partial charge < -0.3 is 14.8 Å². The highest BCUT2D eigenvalue weighted by Gasteiger charge is 2.23. The van der Waals surface area contributed by atoms with Gasteiger partial charge in [0.25, 0.3) is 5.91 Å². The van der Waals surface area contributed by atoms with Crippen LogP contribution in [0.15, 0.2) is 47.4 Å². The normalized spacial score (nSPS) is 12.5. The quantitative estimate of drug-likeness (QED) is 0.703. The van der Waals surface area contributed by atoms with E-state index in [9.17, 15) is 13.2 Å². The van der Waals surface area contributed by atoms with Crippen molar-refractivity contribution >= 4 is 15.9 Å². The molecule has 2 N–H and O–H groups in total. The summed E-state index contributed by atoms with van der Waals surface area (Å²) >= 11 is 0. The van der Waals surface area contributed by atoms with Crippen LogP contribution < -0.4 is 19.5 Å². The second kappa shape index (κ2) is 9.07. The fourth-order valence-corrected chi connectivity index (χ4v) is 4.10. The molecule has 0 aromatic heterocycles. The Morgan fingerprint density at radius 1 is 0.964 bits per heavy atom. The van der Waals surface area contributed by atoms with Gasteiger partial charge in [0.05, 0.1) is 20.3 Å². The molecule has 2 aromatic rings. The van der Waals surface area contributed by atoms with Crippen LogP contribution in [0.4, 0.5) is 0 Å². The van der Waals surface area contributed by atoms with Gasteiger partial charge in [0.1, 0.15) is 16.4 Å². The van der Waals surface area contributed by atoms with Gasteiger partial charge in [-0.15, -0.1) is 0 Å². The molecular formula is C20H26N2O5S. The summed E-state index contributed by atoms with van der Waals surface area (Å²) in [7, 11) is -0.844. The van der Waals surface area contributed by atoms with Crippen LogP contribution in [0.5, 0.6) is 11.5 Å². The van der Waals surface area contributed by atoms with E-state index in [-0.39, 0.29) is 34.2 Å². The van der Waals surface area contributed by atoms with E-state index in [1.807, 2.05) is 31.2 Å². The first-order chi connectivity index (χ1) is 13.2. The molecular weight excluding hydrogens is 380 g/mol. The summed E-state index contributed by atoms with van der Waals surface area (Å²) in [5.41, 5.74) is 1.13. The van der Waals surface area contributed by atoms with E-state index in [0.29, 0.717) is 0 Å². The Morgan fingerprint density at radius 2 is 1.61 bits per heavy atom. The Morgan fingerprint density at radius 3 is 2.14 bits per heavy atom. The number of nitrogens with one attached hydrogen (secondary N) is 2. The number of ether oxygens (including phenoxy) is 2. The second-order valence-electron chi connectivity index (χ2n) is 6.61. The average Bonchev–Trinajstić information content (AvgIpc) is 2.66. The van der Waals surface area contributed by atoms with Crippen molar-refractivity contribution in [3.05, 3.63) is 53.6 Å². The minimum Gasteiger partial charge on any atom is -0.497 e. The first-order valence-corrected chi connectivity index (χ1v) is 10.3. The van der Waals surface area contributed by atoms with Gasteiger partial charge >= 0.3 is 0 Å². The van der Waals surface area contributed by atoms with E-state index >= 15 is 0 Å². The van der Waals surface area contributed by atoms with E-state index in [2.05, 4.69) is 10.0 Å². The molecule has 1 amide bonds. The van der Waals surface area contributed by atoms with Crippen LogP contribution in [0.25, 0.3) is 0 Å². The van der Waals surface area contributed by atoms with Gasteiger partial charge in [-0.1, -0.05) is 12.1 Å². The van der Waals surface area contributed by atoms with E-state index in [4.69, 9.17) is 9.47 Å². The third kappa shape index (κ3) is 5.24. The van der Waals surface area contributed by atoms with Gasteiger partial charge in [0, 0.05) is 11.6 Å². The smallest absolute Gasteiger partial charge is 0.251 e. The van der Waals surface area contributed by atoms with Crippen LogP contribution in [0, 0.1) is 0 Å². The molecule has 0 aliphatic rings. The zero-order valence-corrected chi connectivity index (χ0v) is 17.5. The summed E-state index contributed by atoms with van der Waals surface area (Å²) in [6.45, 7) is 5.29. The number of methoxy groups -OCH3 is 2. The van der Waals surface area contributed by atoms with Gasteiger partial charge in [0.2, 0.25) is 10.0 Å². The number of hydrogen-bond donors (Lipinski definition) is 2. The molecule has 0 aliphatic heterocycles. The molecule has 0 radical (unpaired) electrons. The van der Waals surface area contributed by atoms with Gasteiger partial charge in [-0.25, -0.2) is 13.1 Å². The zero-order chi connectivity index (χ0) is 20.9. The molecule has 2 aromatic carbocycles. The molecule has 0 spiro atoms. The van der Waals surface area contributed by atoms with Gasteiger partial charge in [-0.3, -0.25) is 4.79 Å². The topological polar surface area (TPSA) is 93.7 Å². The maximum atomic E-state index is 12.7. The summed E-state index contributed by atoms with van der Waals surface area (Å²) in [4.78, 5) is 12.6. The average molecular weight is 407 g/mol. The minimum atomic E-state index is -3.82. The van der Waals surface area contributed by atoms with Crippen LogP contribution in [0.2, 0.25) is 0 Å². The van der Waals surface area contributed by atoms with Gasteiger partial charge in [0.15, 0.2) is 0 Å². The lowest BCUT2D eigenvalue weighted by Gasteiger charge is -2.17. The monoisotopic (exact) mass is 406 g/mol. The maximum absolute atomic E-state index is 12.7. The predicted molar refractivity (Wildman–Crippen MR) is 107 cm³/mol. The first kappa shape index (κ1) is 21.7. The van der Waals surface area contributed by atoms with Crippen LogP contribution in [0.3, 0.4) is 0 Å². The van der Waals surface area contributed by atoms with E-state index in [1.165, 1.54) is 25.3 Å². The second-order valence-corrected chi connectivity index (χ2v) is 8.29. The standard InChI is InChI=1S/C20H26N2O5S/c1-13(2)22-28(24,25)19-12-16(8-11-18(19)27-5)20(23)21-14(3)15-6-9-17(26-4)10-7-15/h6-14,22H,1-5H3,(H,21,23)/t14-/m1/s1. The minimum absolute atomic E-state index is 0.0755. The number of rotatable bonds is 8. The van der Waals surface area contributed by atoms with Crippen LogP contribution in [-0.4, -0.2) is 34.6 Å². The Balaban J connectivity index is 2.26. The fourth-order valence-electron chi connectivity index (χ4n) is 2.66. The summed E-state index contributed by atoms with van der Waals surface area (Å²) in [5, 5.41) is 2.87. The largest absolute Gasteiger partial charge is 0.497 e. The molecule has 7 nitrogen and oxygen atoms in total. The number of carbonyl (C=O) groups is 1. The zero-order valence-electron chi connectivity index (χ0n) is 16.6. The lowest BCUT2D eigenvalue weighted by molar-refractivity contribution is 0.0939. The van der Waals surface area contributed by atoms with Crippen molar-refractivity contribution in [2.24, 2.45) is 0 Å². The van der Waals surface area contributed by atoms with Crippen LogP contribution in [0.1, 0.15) is 42.7 Å². The van der Waals surface area contributed by atoms with Crippen molar-refractivity contribution in [1.82, 2.24) is 10.0 Å². The number of benzene rings is 2. The van der Waals surface area contributed by atoms with Crippen molar-refractivity contribution in [2.75, 3.05) is 14.2 Å². The van der Waals surface area contributed by atoms with Crippen molar-refractivity contribution in [3.8, 4) is 11.5 Å². The molecule has 8 heteroatoms. The molecule has 2 rings (SSSR count). The molecule has 0 saturated carbocycles. The predicted octanol–water partition coefficient (Wildman–Crippen LogP) is 2.88. The molecule has 0 unspecified atom stereocenters. The number of hydrogen-bond acceptors (Lipinski definition) is 5. The van der Waals surface area contributed by atoms with Crippen molar-refractivity contribution in [3.63, 3.8) is 0 Å². The van der Waals surface area contributed by atoms with E-state index in [1.54, 1.807) is 21.0 Å². The highest BCUT2D eigenvalue weighted by atomic mass is 32.2. The third-order valence-electron chi connectivity index (χ3n) is 4.07. The van der Waals surface area contributed by atoms with Crippen LogP contribution >= 0.6 is 0 Å². The summed E-state index contributed by atoms with van der Waals surface area (Å²) in [6, 6.07) is 11.1. The summed E-state index contributed by atoms with van der Waals surface area (Å²) in [5.74, 6) is 0.518. The third-order valence-corrected chi connectivity index (χ3v) is 5.75. The Kier molecular flexibility index (Phi) is 7.04. The van der Waals surface area contributed by atoms with Crippen molar-refractivity contribution in [1.29, 1.82) is 0 Å². The SMILES string of the molecule is COc1ccc([C@@H](C)NC(=O)c2ccc(OC)c(S(=O)(=O)NC(C)C)c2)cc1. The molecule has 152 valence electrons. The molecule has 0 saturated heterocycles. The molecule has 0 bridgehead atoms. The van der Waals surface area contributed by atoms with Crippen LogP contribution in [-0.2, 0) is 10.0 Å². The Bertz CT molecular complexity index is 924. The Hall–Kier alpha value is -2.58. The highest BCUT2D eigenvalue weighted by molar-refractivity contribution is 7.89.